The first-order chi connectivity index (χ1) is 8.69. The van der Waals surface area contributed by atoms with E-state index in [2.05, 4.69) is 23.6 Å². The number of rotatable bonds is 7. The van der Waals surface area contributed by atoms with Crippen LogP contribution in [0.3, 0.4) is 0 Å². The van der Waals surface area contributed by atoms with Crippen LogP contribution >= 0.6 is 0 Å². The molecule has 0 aromatic carbocycles. The van der Waals surface area contributed by atoms with Crippen LogP contribution in [0.5, 0.6) is 0 Å². The predicted octanol–water partition coefficient (Wildman–Crippen LogP) is 0.992. The average Bonchev–Trinajstić information content (AvgIpc) is 2.62. The van der Waals surface area contributed by atoms with Gasteiger partial charge in [0.25, 0.3) is 0 Å². The van der Waals surface area contributed by atoms with E-state index in [1.807, 2.05) is 0 Å². The minimum absolute atomic E-state index is 0.161. The van der Waals surface area contributed by atoms with Gasteiger partial charge < -0.3 is 14.8 Å². The normalized spacial score (nSPS) is 19.7. The smallest absolute Gasteiger partial charge is 0.127 e. The van der Waals surface area contributed by atoms with Crippen LogP contribution in [0.25, 0.3) is 0 Å². The van der Waals surface area contributed by atoms with Gasteiger partial charge in [0, 0.05) is 31.6 Å². The minimum Gasteiger partial charge on any atom is -0.395 e. The fourth-order valence-corrected chi connectivity index (χ4v) is 2.67. The number of aldehydes is 1. The molecule has 0 aromatic heterocycles. The molecule has 0 unspecified atom stereocenters. The highest BCUT2D eigenvalue weighted by Crippen LogP contribution is 2.25. The van der Waals surface area contributed by atoms with Gasteiger partial charge in [-0.3, -0.25) is 4.90 Å². The Hall–Kier alpha value is -0.450. The number of hydrogen-bond donors (Lipinski definition) is 1. The summed E-state index contributed by atoms with van der Waals surface area (Å²) in [5.74, 6) is 0. The Bertz CT molecular complexity index is 242. The number of aliphatic hydroxyl groups is 1. The molecule has 0 saturated carbocycles. The van der Waals surface area contributed by atoms with Crippen LogP contribution in [0.2, 0.25) is 0 Å². The largest absolute Gasteiger partial charge is 0.395 e. The minimum atomic E-state index is -0.161. The van der Waals surface area contributed by atoms with Crippen molar-refractivity contribution < 1.29 is 9.90 Å². The molecule has 4 heteroatoms. The van der Waals surface area contributed by atoms with Crippen LogP contribution < -0.4 is 0 Å². The third kappa shape index (κ3) is 4.34. The molecule has 0 atom stereocenters. The van der Waals surface area contributed by atoms with Crippen molar-refractivity contribution in [1.82, 2.24) is 9.80 Å². The van der Waals surface area contributed by atoms with E-state index in [4.69, 9.17) is 5.11 Å². The van der Waals surface area contributed by atoms with Gasteiger partial charge in [0.15, 0.2) is 0 Å². The van der Waals surface area contributed by atoms with Gasteiger partial charge in [-0.2, -0.15) is 0 Å². The van der Waals surface area contributed by atoms with Crippen molar-refractivity contribution >= 4 is 6.29 Å². The lowest BCUT2D eigenvalue weighted by atomic mass is 9.83. The zero-order chi connectivity index (χ0) is 13.4. The molecule has 106 valence electrons. The van der Waals surface area contributed by atoms with Crippen molar-refractivity contribution in [3.05, 3.63) is 0 Å². The molecule has 0 amide bonds. The van der Waals surface area contributed by atoms with Gasteiger partial charge in [0.05, 0.1) is 6.61 Å². The van der Waals surface area contributed by atoms with E-state index in [-0.39, 0.29) is 12.0 Å². The maximum Gasteiger partial charge on any atom is 0.127 e. The number of hydrogen-bond acceptors (Lipinski definition) is 4. The lowest BCUT2D eigenvalue weighted by Gasteiger charge is -2.32. The van der Waals surface area contributed by atoms with E-state index in [1.165, 1.54) is 0 Å². The summed E-state index contributed by atoms with van der Waals surface area (Å²) in [7, 11) is 0. The summed E-state index contributed by atoms with van der Waals surface area (Å²) >= 11 is 0. The Morgan fingerprint density at radius 1 is 1.11 bits per heavy atom. The highest BCUT2D eigenvalue weighted by atomic mass is 16.3. The van der Waals surface area contributed by atoms with E-state index in [0.29, 0.717) is 0 Å². The third-order valence-corrected chi connectivity index (χ3v) is 4.29. The summed E-state index contributed by atoms with van der Waals surface area (Å²) in [6.45, 7) is 10.2. The molecule has 1 heterocycles. The monoisotopic (exact) mass is 256 g/mol. The zero-order valence-electron chi connectivity index (χ0n) is 11.9. The second-order valence-corrected chi connectivity index (χ2v) is 5.38. The predicted molar refractivity (Wildman–Crippen MR) is 73.7 cm³/mol. The van der Waals surface area contributed by atoms with Gasteiger partial charge in [0.2, 0.25) is 0 Å². The van der Waals surface area contributed by atoms with Gasteiger partial charge in [-0.15, -0.1) is 0 Å². The second-order valence-electron chi connectivity index (χ2n) is 5.38. The quantitative estimate of drug-likeness (QED) is 0.690. The number of β-amino-alcohol motifs (C(OH)–C–C–N with tert-alkyl or cyclic N) is 1. The van der Waals surface area contributed by atoms with Crippen molar-refractivity contribution in [3.8, 4) is 0 Å². The Balaban J connectivity index is 2.50. The fraction of sp³-hybridized carbons (Fsp3) is 0.929. The Labute approximate surface area is 111 Å². The van der Waals surface area contributed by atoms with Crippen LogP contribution in [-0.2, 0) is 4.79 Å². The Morgan fingerprint density at radius 2 is 1.72 bits per heavy atom. The van der Waals surface area contributed by atoms with Crippen LogP contribution in [0, 0.1) is 5.41 Å². The molecule has 18 heavy (non-hydrogen) atoms. The molecule has 1 N–H and O–H groups in total. The highest BCUT2D eigenvalue weighted by molar-refractivity contribution is 5.59. The first kappa shape index (κ1) is 15.6. The van der Waals surface area contributed by atoms with Gasteiger partial charge >= 0.3 is 0 Å². The molecule has 1 fully saturated rings. The summed E-state index contributed by atoms with van der Waals surface area (Å²) in [5.41, 5.74) is -0.161. The first-order valence-corrected chi connectivity index (χ1v) is 7.21. The summed E-state index contributed by atoms with van der Waals surface area (Å²) < 4.78 is 0. The van der Waals surface area contributed by atoms with E-state index in [9.17, 15) is 4.79 Å². The Kier molecular flexibility index (Phi) is 6.82. The molecule has 4 nitrogen and oxygen atoms in total. The van der Waals surface area contributed by atoms with Gasteiger partial charge in [-0.1, -0.05) is 13.8 Å². The summed E-state index contributed by atoms with van der Waals surface area (Å²) in [6.07, 6.45) is 4.12. The van der Waals surface area contributed by atoms with Crippen molar-refractivity contribution in [1.29, 1.82) is 0 Å². The second kappa shape index (κ2) is 7.87. The topological polar surface area (TPSA) is 43.8 Å². The van der Waals surface area contributed by atoms with Crippen LogP contribution in [0.15, 0.2) is 0 Å². The average molecular weight is 256 g/mol. The molecule has 0 aromatic rings. The molecular weight excluding hydrogens is 228 g/mol. The van der Waals surface area contributed by atoms with Gasteiger partial charge in [-0.05, 0) is 32.4 Å². The Morgan fingerprint density at radius 3 is 2.28 bits per heavy atom. The fourth-order valence-electron chi connectivity index (χ4n) is 2.67. The number of nitrogens with zero attached hydrogens (tertiary/aromatic N) is 2. The summed E-state index contributed by atoms with van der Waals surface area (Å²) in [5, 5.41) is 8.98. The maximum atomic E-state index is 11.3. The van der Waals surface area contributed by atoms with Crippen LogP contribution in [0.4, 0.5) is 0 Å². The molecule has 1 aliphatic heterocycles. The van der Waals surface area contributed by atoms with E-state index < -0.39 is 0 Å². The zero-order valence-corrected chi connectivity index (χ0v) is 11.9. The van der Waals surface area contributed by atoms with E-state index >= 15 is 0 Å². The van der Waals surface area contributed by atoms with Gasteiger partial charge in [-0.25, -0.2) is 0 Å². The third-order valence-electron chi connectivity index (χ3n) is 4.29. The molecule has 1 aliphatic rings. The van der Waals surface area contributed by atoms with Crippen molar-refractivity contribution in [2.45, 2.75) is 33.1 Å². The highest BCUT2D eigenvalue weighted by Gasteiger charge is 2.29. The van der Waals surface area contributed by atoms with Crippen molar-refractivity contribution in [2.24, 2.45) is 5.41 Å². The molecule has 0 bridgehead atoms. The van der Waals surface area contributed by atoms with Crippen molar-refractivity contribution in [3.63, 3.8) is 0 Å². The standard InChI is InChI=1S/C14H28N2O2/c1-3-14(4-2,13-18)12-16-7-5-6-15(8-9-16)10-11-17/h13,17H,3-12H2,1-2H3. The van der Waals surface area contributed by atoms with Crippen LogP contribution in [-0.4, -0.2) is 67.1 Å². The molecule has 1 rings (SSSR count). The first-order valence-electron chi connectivity index (χ1n) is 7.21. The summed E-state index contributed by atoms with van der Waals surface area (Å²) in [4.78, 5) is 16.1. The maximum absolute atomic E-state index is 11.3. The molecule has 0 spiro atoms. The molecular formula is C14H28N2O2. The number of carbonyl (C=O) groups excluding carboxylic acids is 1. The molecule has 0 radical (unpaired) electrons. The molecule has 1 saturated heterocycles. The lowest BCUT2D eigenvalue weighted by Crippen LogP contribution is -2.40. The number of carbonyl (C=O) groups is 1. The van der Waals surface area contributed by atoms with Crippen LogP contribution in [0.1, 0.15) is 33.1 Å². The van der Waals surface area contributed by atoms with Crippen molar-refractivity contribution in [2.75, 3.05) is 45.9 Å². The van der Waals surface area contributed by atoms with E-state index in [0.717, 1.165) is 64.8 Å². The summed E-state index contributed by atoms with van der Waals surface area (Å²) in [6, 6.07) is 0. The molecule has 0 aliphatic carbocycles. The SMILES string of the molecule is CCC(C=O)(CC)CN1CCCN(CCO)CC1. The van der Waals surface area contributed by atoms with E-state index in [1.54, 1.807) is 0 Å². The number of aliphatic hydroxyl groups excluding tert-OH is 1. The lowest BCUT2D eigenvalue weighted by molar-refractivity contribution is -0.117. The van der Waals surface area contributed by atoms with Gasteiger partial charge in [0.1, 0.15) is 6.29 Å².